The highest BCUT2D eigenvalue weighted by Crippen LogP contribution is 2.18. The Labute approximate surface area is 95.9 Å². The van der Waals surface area contributed by atoms with Crippen molar-refractivity contribution in [1.82, 2.24) is 5.32 Å². The number of carbonyl (C=O) groups is 1. The first-order valence-electron chi connectivity index (χ1n) is 5.46. The normalized spacial score (nSPS) is 19.9. The molecule has 1 aliphatic rings. The fraction of sp³-hybridized carbons (Fsp3) is 0.818. The van der Waals surface area contributed by atoms with Gasteiger partial charge in [0, 0.05) is 19.8 Å². The monoisotopic (exact) mass is 225 g/mol. The molecule has 0 aromatic carbocycles. The Balaban J connectivity index is 2.49. The minimum absolute atomic E-state index is 0.181. The molecule has 0 saturated carbocycles. The fourth-order valence-electron chi connectivity index (χ4n) is 1.48. The number of nitrogens with two attached hydrogens (primary N) is 1. The number of amides is 1. The predicted octanol–water partition coefficient (Wildman–Crippen LogP) is 0.160. The molecule has 0 aromatic heterocycles. The number of nitriles is 1. The molecule has 1 amide bonds. The Morgan fingerprint density at radius 3 is 2.62 bits per heavy atom. The molecule has 5 nitrogen and oxygen atoms in total. The van der Waals surface area contributed by atoms with E-state index in [9.17, 15) is 4.79 Å². The van der Waals surface area contributed by atoms with Gasteiger partial charge in [-0.15, -0.1) is 0 Å². The van der Waals surface area contributed by atoms with E-state index in [2.05, 4.69) is 11.4 Å². The summed E-state index contributed by atoms with van der Waals surface area (Å²) in [6, 6.07) is 2.13. The molecule has 90 valence electrons. The highest BCUT2D eigenvalue weighted by atomic mass is 16.5. The number of rotatable bonds is 3. The minimum atomic E-state index is -0.830. The molecular weight excluding hydrogens is 206 g/mol. The van der Waals surface area contributed by atoms with Crippen molar-refractivity contribution in [3.63, 3.8) is 0 Å². The topological polar surface area (TPSA) is 88.1 Å². The van der Waals surface area contributed by atoms with Gasteiger partial charge in [-0.25, -0.2) is 0 Å². The quantitative estimate of drug-likeness (QED) is 0.716. The molecule has 3 N–H and O–H groups in total. The Morgan fingerprint density at radius 2 is 2.12 bits per heavy atom. The van der Waals surface area contributed by atoms with Crippen molar-refractivity contribution in [3.05, 3.63) is 0 Å². The van der Waals surface area contributed by atoms with Crippen LogP contribution in [0.2, 0.25) is 0 Å². The Hall–Kier alpha value is -1.12. The zero-order chi connectivity index (χ0) is 12.2. The lowest BCUT2D eigenvalue weighted by molar-refractivity contribution is -0.130. The summed E-state index contributed by atoms with van der Waals surface area (Å²) in [6.45, 7) is 4.92. The van der Waals surface area contributed by atoms with E-state index in [1.54, 1.807) is 13.8 Å². The maximum absolute atomic E-state index is 11.9. The summed E-state index contributed by atoms with van der Waals surface area (Å²) in [6.07, 6.45) is 1.07. The molecule has 1 saturated heterocycles. The van der Waals surface area contributed by atoms with Gasteiger partial charge in [-0.3, -0.25) is 4.79 Å². The van der Waals surface area contributed by atoms with Crippen LogP contribution in [-0.4, -0.2) is 31.2 Å². The van der Waals surface area contributed by atoms with Gasteiger partial charge in [0.25, 0.3) is 0 Å². The van der Waals surface area contributed by atoms with Crippen LogP contribution in [0.4, 0.5) is 0 Å². The number of hydrogen-bond donors (Lipinski definition) is 2. The molecule has 5 heteroatoms. The first-order chi connectivity index (χ1) is 7.40. The summed E-state index contributed by atoms with van der Waals surface area (Å²) in [4.78, 5) is 11.9. The van der Waals surface area contributed by atoms with Gasteiger partial charge in [-0.2, -0.15) is 5.26 Å². The molecule has 0 bridgehead atoms. The van der Waals surface area contributed by atoms with E-state index in [-0.39, 0.29) is 5.91 Å². The summed E-state index contributed by atoms with van der Waals surface area (Å²) in [5.74, 6) is -0.181. The molecule has 1 fully saturated rings. The molecule has 1 heterocycles. The summed E-state index contributed by atoms with van der Waals surface area (Å²) >= 11 is 0. The van der Waals surface area contributed by atoms with Gasteiger partial charge in [0.05, 0.1) is 17.0 Å². The lowest BCUT2D eigenvalue weighted by Crippen LogP contribution is -2.57. The van der Waals surface area contributed by atoms with Gasteiger partial charge in [-0.05, 0) is 26.7 Å². The van der Waals surface area contributed by atoms with Crippen molar-refractivity contribution in [2.24, 2.45) is 11.1 Å². The summed E-state index contributed by atoms with van der Waals surface area (Å²) in [7, 11) is 0. The summed E-state index contributed by atoms with van der Waals surface area (Å²) in [5, 5.41) is 11.6. The molecular formula is C11H19N3O2. The third-order valence-corrected chi connectivity index (χ3v) is 2.83. The molecule has 0 atom stereocenters. The fourth-order valence-corrected chi connectivity index (χ4v) is 1.48. The highest BCUT2D eigenvalue weighted by molar-refractivity contribution is 5.86. The lowest BCUT2D eigenvalue weighted by atomic mass is 9.89. The Bertz CT molecular complexity index is 301. The van der Waals surface area contributed by atoms with Gasteiger partial charge in [0.1, 0.15) is 0 Å². The number of nitrogens with one attached hydrogen (secondary N) is 1. The van der Waals surface area contributed by atoms with Crippen molar-refractivity contribution >= 4 is 5.91 Å². The standard InChI is InChI=1S/C11H19N3O2/c1-10(2,7-12)8-14-9(15)11(13)3-5-16-6-4-11/h3-6,8,13H2,1-2H3,(H,14,15). The van der Waals surface area contributed by atoms with Crippen LogP contribution in [0.15, 0.2) is 0 Å². The average molecular weight is 225 g/mol. The predicted molar refractivity (Wildman–Crippen MR) is 59.4 cm³/mol. The van der Waals surface area contributed by atoms with Crippen LogP contribution in [0.25, 0.3) is 0 Å². The van der Waals surface area contributed by atoms with Crippen molar-refractivity contribution in [2.75, 3.05) is 19.8 Å². The zero-order valence-corrected chi connectivity index (χ0v) is 9.88. The van der Waals surface area contributed by atoms with Crippen LogP contribution >= 0.6 is 0 Å². The molecule has 0 aliphatic carbocycles. The maximum Gasteiger partial charge on any atom is 0.240 e. The van der Waals surface area contributed by atoms with E-state index in [4.69, 9.17) is 15.7 Å². The molecule has 0 unspecified atom stereocenters. The van der Waals surface area contributed by atoms with E-state index in [0.717, 1.165) is 0 Å². The second-order valence-electron chi connectivity index (χ2n) is 4.95. The average Bonchev–Trinajstić information content (AvgIpc) is 2.27. The maximum atomic E-state index is 11.9. The number of carbonyl (C=O) groups excluding carboxylic acids is 1. The Morgan fingerprint density at radius 1 is 1.56 bits per heavy atom. The van der Waals surface area contributed by atoms with Crippen LogP contribution in [0.5, 0.6) is 0 Å². The van der Waals surface area contributed by atoms with Gasteiger partial charge >= 0.3 is 0 Å². The van der Waals surface area contributed by atoms with Crippen LogP contribution in [0.1, 0.15) is 26.7 Å². The smallest absolute Gasteiger partial charge is 0.240 e. The van der Waals surface area contributed by atoms with Gasteiger partial charge in [-0.1, -0.05) is 0 Å². The summed E-state index contributed by atoms with van der Waals surface area (Å²) in [5.41, 5.74) is 4.61. The third-order valence-electron chi connectivity index (χ3n) is 2.83. The number of hydrogen-bond acceptors (Lipinski definition) is 4. The SMILES string of the molecule is CC(C)(C#N)CNC(=O)C1(N)CCOCC1. The van der Waals surface area contributed by atoms with Gasteiger partial charge < -0.3 is 15.8 Å². The van der Waals surface area contributed by atoms with Crippen LogP contribution in [0, 0.1) is 16.7 Å². The molecule has 0 aromatic rings. The third kappa shape index (κ3) is 3.19. The largest absolute Gasteiger partial charge is 0.381 e. The molecule has 0 radical (unpaired) electrons. The van der Waals surface area contributed by atoms with Crippen LogP contribution in [0.3, 0.4) is 0 Å². The van der Waals surface area contributed by atoms with E-state index >= 15 is 0 Å². The van der Waals surface area contributed by atoms with E-state index in [1.165, 1.54) is 0 Å². The molecule has 1 rings (SSSR count). The molecule has 1 aliphatic heterocycles. The second-order valence-corrected chi connectivity index (χ2v) is 4.95. The highest BCUT2D eigenvalue weighted by Gasteiger charge is 2.36. The van der Waals surface area contributed by atoms with Crippen molar-refractivity contribution in [2.45, 2.75) is 32.2 Å². The molecule has 0 spiro atoms. The number of nitrogens with zero attached hydrogens (tertiary/aromatic N) is 1. The van der Waals surface area contributed by atoms with Gasteiger partial charge in [0.2, 0.25) is 5.91 Å². The minimum Gasteiger partial charge on any atom is -0.381 e. The van der Waals surface area contributed by atoms with Crippen molar-refractivity contribution < 1.29 is 9.53 Å². The van der Waals surface area contributed by atoms with Crippen molar-refractivity contribution in [1.29, 1.82) is 5.26 Å². The first kappa shape index (κ1) is 12.9. The Kier molecular flexibility index (Phi) is 3.89. The van der Waals surface area contributed by atoms with E-state index in [0.29, 0.717) is 32.6 Å². The van der Waals surface area contributed by atoms with E-state index < -0.39 is 11.0 Å². The van der Waals surface area contributed by atoms with Crippen LogP contribution < -0.4 is 11.1 Å². The van der Waals surface area contributed by atoms with Crippen LogP contribution in [-0.2, 0) is 9.53 Å². The summed E-state index contributed by atoms with van der Waals surface area (Å²) < 4.78 is 5.17. The van der Waals surface area contributed by atoms with Crippen molar-refractivity contribution in [3.8, 4) is 6.07 Å². The van der Waals surface area contributed by atoms with E-state index in [1.807, 2.05) is 0 Å². The first-order valence-corrected chi connectivity index (χ1v) is 5.46. The zero-order valence-electron chi connectivity index (χ0n) is 9.88. The second kappa shape index (κ2) is 4.81. The number of ether oxygens (including phenoxy) is 1. The molecule has 16 heavy (non-hydrogen) atoms. The van der Waals surface area contributed by atoms with Gasteiger partial charge in [0.15, 0.2) is 0 Å². The lowest BCUT2D eigenvalue weighted by Gasteiger charge is -2.32.